The average molecular weight is 445 g/mol. The number of piperidine rings is 1. The predicted octanol–water partition coefficient (Wildman–Crippen LogP) is 2.18. The number of ether oxygens (including phenoxy) is 1. The first-order chi connectivity index (χ1) is 14.8. The van der Waals surface area contributed by atoms with Crippen molar-refractivity contribution in [3.8, 4) is 5.75 Å². The largest absolute Gasteiger partial charge is 0.497 e. The van der Waals surface area contributed by atoms with Crippen molar-refractivity contribution >= 4 is 32.7 Å². The molecule has 1 aromatic heterocycles. The molecule has 0 saturated carbocycles. The summed E-state index contributed by atoms with van der Waals surface area (Å²) >= 11 is 0. The number of anilines is 1. The number of benzene rings is 2. The highest BCUT2D eigenvalue weighted by molar-refractivity contribution is 7.89. The van der Waals surface area contributed by atoms with Crippen LogP contribution in [0.5, 0.6) is 5.75 Å². The van der Waals surface area contributed by atoms with E-state index in [-0.39, 0.29) is 35.4 Å². The Balaban J connectivity index is 1.42. The number of hydrogen-bond donors (Lipinski definition) is 1. The van der Waals surface area contributed by atoms with E-state index in [9.17, 15) is 18.0 Å². The summed E-state index contributed by atoms with van der Waals surface area (Å²) in [6.45, 7) is 0.472. The summed E-state index contributed by atoms with van der Waals surface area (Å²) in [5.74, 6) is -0.254. The van der Waals surface area contributed by atoms with Gasteiger partial charge in [-0.05, 0) is 49.2 Å². The molecule has 0 bridgehead atoms. The van der Waals surface area contributed by atoms with Crippen LogP contribution >= 0.6 is 0 Å². The molecule has 1 N–H and O–H groups in total. The zero-order chi connectivity index (χ0) is 22.2. The van der Waals surface area contributed by atoms with Crippen molar-refractivity contribution in [3.05, 3.63) is 53.0 Å². The van der Waals surface area contributed by atoms with Crippen LogP contribution in [-0.2, 0) is 21.9 Å². The van der Waals surface area contributed by atoms with E-state index in [1.807, 2.05) is 0 Å². The van der Waals surface area contributed by atoms with Gasteiger partial charge in [0.25, 0.3) is 0 Å². The Kier molecular flexibility index (Phi) is 5.59. The summed E-state index contributed by atoms with van der Waals surface area (Å²) in [6, 6.07) is 11.4. The highest BCUT2D eigenvalue weighted by Crippen LogP contribution is 2.27. The van der Waals surface area contributed by atoms with E-state index < -0.39 is 15.8 Å². The van der Waals surface area contributed by atoms with E-state index in [1.165, 1.54) is 21.0 Å². The van der Waals surface area contributed by atoms with E-state index in [0.717, 1.165) is 0 Å². The number of carbonyl (C=O) groups excluding carboxylic acids is 1. The molecule has 0 unspecified atom stereocenters. The molecule has 1 amide bonds. The third-order valence-electron chi connectivity index (χ3n) is 5.58. The van der Waals surface area contributed by atoms with Gasteiger partial charge in [0.1, 0.15) is 5.75 Å². The normalized spacial score (nSPS) is 15.8. The Hall–Kier alpha value is -3.11. The fourth-order valence-electron chi connectivity index (χ4n) is 3.70. The summed E-state index contributed by atoms with van der Waals surface area (Å²) in [5, 5.41) is 2.87. The van der Waals surface area contributed by atoms with E-state index in [2.05, 4.69) is 5.32 Å². The maximum atomic E-state index is 13.0. The van der Waals surface area contributed by atoms with Crippen LogP contribution in [0.4, 0.5) is 5.69 Å². The fourth-order valence-corrected chi connectivity index (χ4v) is 5.19. The molecule has 3 aromatic rings. The SMILES string of the molecule is COc1ccc(NC(=O)C2CCN(S(=O)(=O)c3ccc4c(c3)oc(=O)n4C)CC2)cc1. The first-order valence-corrected chi connectivity index (χ1v) is 11.3. The molecule has 9 nitrogen and oxygen atoms in total. The Labute approximate surface area is 179 Å². The molecule has 0 atom stereocenters. The number of oxazole rings is 1. The lowest BCUT2D eigenvalue weighted by Gasteiger charge is -2.30. The van der Waals surface area contributed by atoms with Crippen molar-refractivity contribution in [2.75, 3.05) is 25.5 Å². The molecule has 1 aliphatic heterocycles. The van der Waals surface area contributed by atoms with Crippen molar-refractivity contribution < 1.29 is 22.4 Å². The number of hydrogen-bond acceptors (Lipinski definition) is 6. The quantitative estimate of drug-likeness (QED) is 0.644. The maximum Gasteiger partial charge on any atom is 0.419 e. The van der Waals surface area contributed by atoms with E-state index in [1.54, 1.807) is 44.5 Å². The summed E-state index contributed by atoms with van der Waals surface area (Å²) in [7, 11) is -0.624. The molecule has 2 heterocycles. The van der Waals surface area contributed by atoms with E-state index >= 15 is 0 Å². The topological polar surface area (TPSA) is 111 Å². The van der Waals surface area contributed by atoms with Crippen LogP contribution in [0.25, 0.3) is 11.1 Å². The van der Waals surface area contributed by atoms with Crippen LogP contribution in [0.1, 0.15) is 12.8 Å². The molecule has 4 rings (SSSR count). The number of methoxy groups -OCH3 is 1. The molecule has 0 aliphatic carbocycles. The highest BCUT2D eigenvalue weighted by atomic mass is 32.2. The monoisotopic (exact) mass is 445 g/mol. The number of sulfonamides is 1. The predicted molar refractivity (Wildman–Crippen MR) is 115 cm³/mol. The lowest BCUT2D eigenvalue weighted by Crippen LogP contribution is -2.41. The Morgan fingerprint density at radius 2 is 1.81 bits per heavy atom. The number of aryl methyl sites for hydroxylation is 1. The van der Waals surface area contributed by atoms with Crippen LogP contribution < -0.4 is 15.8 Å². The number of rotatable bonds is 5. The molecule has 2 aromatic carbocycles. The van der Waals surface area contributed by atoms with Crippen LogP contribution in [0.15, 0.2) is 56.6 Å². The van der Waals surface area contributed by atoms with Crippen LogP contribution in [-0.4, -0.2) is 43.4 Å². The third kappa shape index (κ3) is 4.08. The molecule has 0 spiro atoms. The summed E-state index contributed by atoms with van der Waals surface area (Å²) < 4.78 is 39.0. The smallest absolute Gasteiger partial charge is 0.419 e. The van der Waals surface area contributed by atoms with Gasteiger partial charge >= 0.3 is 5.76 Å². The van der Waals surface area contributed by atoms with Crippen molar-refractivity contribution in [3.63, 3.8) is 0 Å². The standard InChI is InChI=1S/C21H23N3O6S/c1-23-18-8-7-17(13-19(18)30-21(23)26)31(27,28)24-11-9-14(10-12-24)20(25)22-15-3-5-16(29-2)6-4-15/h3-8,13-14H,9-12H2,1-2H3,(H,22,25). The van der Waals surface area contributed by atoms with Gasteiger partial charge in [-0.25, -0.2) is 13.2 Å². The van der Waals surface area contributed by atoms with Gasteiger partial charge in [0.2, 0.25) is 15.9 Å². The van der Waals surface area contributed by atoms with E-state index in [0.29, 0.717) is 29.8 Å². The lowest BCUT2D eigenvalue weighted by molar-refractivity contribution is -0.120. The molecule has 1 aliphatic rings. The Morgan fingerprint density at radius 1 is 1.13 bits per heavy atom. The van der Waals surface area contributed by atoms with Gasteiger partial charge in [-0.15, -0.1) is 0 Å². The second kappa shape index (κ2) is 8.20. The minimum absolute atomic E-state index is 0.0653. The molecule has 10 heteroatoms. The van der Waals surface area contributed by atoms with E-state index in [4.69, 9.17) is 9.15 Å². The fraction of sp³-hybridized carbons (Fsp3) is 0.333. The summed E-state index contributed by atoms with van der Waals surface area (Å²) in [6.07, 6.45) is 0.841. The van der Waals surface area contributed by atoms with Crippen LogP contribution in [0, 0.1) is 5.92 Å². The van der Waals surface area contributed by atoms with Crippen LogP contribution in [0.3, 0.4) is 0 Å². The molecule has 0 radical (unpaired) electrons. The maximum absolute atomic E-state index is 13.0. The number of nitrogens with one attached hydrogen (secondary N) is 1. The minimum atomic E-state index is -3.76. The van der Waals surface area contributed by atoms with Crippen molar-refractivity contribution in [2.24, 2.45) is 13.0 Å². The molecule has 164 valence electrons. The average Bonchev–Trinajstić information content (AvgIpc) is 3.07. The molecule has 1 saturated heterocycles. The molecule has 1 fully saturated rings. The first kappa shape index (κ1) is 21.1. The van der Waals surface area contributed by atoms with Gasteiger partial charge in [-0.2, -0.15) is 4.31 Å². The number of carbonyl (C=O) groups is 1. The molecular weight excluding hydrogens is 422 g/mol. The molecule has 31 heavy (non-hydrogen) atoms. The van der Waals surface area contributed by atoms with Gasteiger partial charge in [-0.3, -0.25) is 9.36 Å². The second-order valence-corrected chi connectivity index (χ2v) is 9.39. The zero-order valence-electron chi connectivity index (χ0n) is 17.2. The van der Waals surface area contributed by atoms with Gasteiger partial charge in [0.15, 0.2) is 5.58 Å². The third-order valence-corrected chi connectivity index (χ3v) is 7.48. The number of aromatic nitrogens is 1. The summed E-state index contributed by atoms with van der Waals surface area (Å²) in [5.41, 5.74) is 1.42. The van der Waals surface area contributed by atoms with Gasteiger partial charge in [-0.1, -0.05) is 0 Å². The van der Waals surface area contributed by atoms with Gasteiger partial charge < -0.3 is 14.5 Å². The first-order valence-electron chi connectivity index (χ1n) is 9.84. The molecular formula is C21H23N3O6S. The number of amides is 1. The Bertz CT molecular complexity index is 1270. The number of nitrogens with zero attached hydrogens (tertiary/aromatic N) is 2. The number of fused-ring (bicyclic) bond motifs is 1. The van der Waals surface area contributed by atoms with Crippen molar-refractivity contribution in [1.82, 2.24) is 8.87 Å². The summed E-state index contributed by atoms with van der Waals surface area (Å²) in [4.78, 5) is 24.3. The highest BCUT2D eigenvalue weighted by Gasteiger charge is 2.32. The minimum Gasteiger partial charge on any atom is -0.497 e. The Morgan fingerprint density at radius 3 is 2.45 bits per heavy atom. The van der Waals surface area contributed by atoms with Gasteiger partial charge in [0, 0.05) is 37.8 Å². The van der Waals surface area contributed by atoms with Crippen LogP contribution in [0.2, 0.25) is 0 Å². The lowest BCUT2D eigenvalue weighted by atomic mass is 9.97. The van der Waals surface area contributed by atoms with Crippen molar-refractivity contribution in [1.29, 1.82) is 0 Å². The second-order valence-electron chi connectivity index (χ2n) is 7.45. The van der Waals surface area contributed by atoms with Gasteiger partial charge in [0.05, 0.1) is 17.5 Å². The zero-order valence-corrected chi connectivity index (χ0v) is 18.0. The van der Waals surface area contributed by atoms with Crippen molar-refractivity contribution in [2.45, 2.75) is 17.7 Å².